The first-order valence-electron chi connectivity index (χ1n) is 8.46. The largest absolute Gasteiger partial charge is 0.357 e. The molecule has 1 saturated carbocycles. The van der Waals surface area contributed by atoms with Gasteiger partial charge in [0.05, 0.1) is 0 Å². The zero-order chi connectivity index (χ0) is 17.2. The predicted octanol–water partition coefficient (Wildman–Crippen LogP) is 4.66. The molecule has 3 nitrogen and oxygen atoms in total. The lowest BCUT2D eigenvalue weighted by atomic mass is 9.70. The van der Waals surface area contributed by atoms with Gasteiger partial charge in [-0.25, -0.2) is 4.79 Å². The molecule has 0 amide bonds. The van der Waals surface area contributed by atoms with Crippen LogP contribution in [0.15, 0.2) is 60.7 Å². The molecular formula is C21H24O3. The van der Waals surface area contributed by atoms with E-state index in [0.717, 1.165) is 24.0 Å². The molecule has 2 aromatic rings. The predicted molar refractivity (Wildman–Crippen MR) is 93.3 cm³/mol. The van der Waals surface area contributed by atoms with Crippen LogP contribution in [-0.2, 0) is 20.0 Å². The highest BCUT2D eigenvalue weighted by Crippen LogP contribution is 2.52. The third-order valence-electron chi connectivity index (χ3n) is 4.34. The van der Waals surface area contributed by atoms with Crippen molar-refractivity contribution >= 4 is 5.97 Å². The minimum absolute atomic E-state index is 0.235. The molecule has 1 aliphatic carbocycles. The molecule has 0 unspecified atom stereocenters. The molecule has 0 radical (unpaired) electrons. The van der Waals surface area contributed by atoms with E-state index in [2.05, 4.69) is 0 Å². The third-order valence-corrected chi connectivity index (χ3v) is 4.34. The maximum Gasteiger partial charge on any atom is 0.357 e. The third kappa shape index (κ3) is 3.22. The fourth-order valence-corrected chi connectivity index (χ4v) is 3.19. The summed E-state index contributed by atoms with van der Waals surface area (Å²) in [6, 6.07) is 19.8. The second-order valence-corrected chi connectivity index (χ2v) is 7.38. The molecule has 0 saturated heterocycles. The molecule has 0 aromatic heterocycles. The molecular weight excluding hydrogens is 300 g/mol. The van der Waals surface area contributed by atoms with Gasteiger partial charge >= 0.3 is 5.97 Å². The Bertz CT molecular complexity index is 643. The summed E-state index contributed by atoms with van der Waals surface area (Å²) in [5.41, 5.74) is 0.564. The van der Waals surface area contributed by atoms with E-state index in [4.69, 9.17) is 9.78 Å². The first kappa shape index (κ1) is 16.7. The first-order valence-corrected chi connectivity index (χ1v) is 8.46. The summed E-state index contributed by atoms with van der Waals surface area (Å²) in [7, 11) is 0. The highest BCUT2D eigenvalue weighted by molar-refractivity contribution is 5.88. The summed E-state index contributed by atoms with van der Waals surface area (Å²) >= 11 is 0. The number of benzene rings is 2. The van der Waals surface area contributed by atoms with Gasteiger partial charge in [0.1, 0.15) is 11.0 Å². The lowest BCUT2D eigenvalue weighted by molar-refractivity contribution is -0.323. The maximum atomic E-state index is 13.2. The van der Waals surface area contributed by atoms with Gasteiger partial charge in [0.25, 0.3) is 0 Å². The number of rotatable bonds is 5. The Hall–Kier alpha value is -2.13. The van der Waals surface area contributed by atoms with Gasteiger partial charge in [-0.15, -0.1) is 0 Å². The number of carbonyl (C=O) groups excluding carboxylic acids is 1. The summed E-state index contributed by atoms with van der Waals surface area (Å²) in [6.07, 6.45) is 2.02. The summed E-state index contributed by atoms with van der Waals surface area (Å²) in [5, 5.41) is 0. The molecule has 0 N–H and O–H groups in total. The lowest BCUT2D eigenvalue weighted by Crippen LogP contribution is -2.42. The maximum absolute atomic E-state index is 13.2. The zero-order valence-electron chi connectivity index (χ0n) is 14.5. The van der Waals surface area contributed by atoms with Crippen molar-refractivity contribution in [3.05, 3.63) is 71.8 Å². The zero-order valence-corrected chi connectivity index (χ0v) is 14.5. The van der Waals surface area contributed by atoms with Gasteiger partial charge in [0.15, 0.2) is 0 Å². The van der Waals surface area contributed by atoms with Crippen molar-refractivity contribution in [3.8, 4) is 0 Å². The van der Waals surface area contributed by atoms with Crippen molar-refractivity contribution in [3.63, 3.8) is 0 Å². The monoisotopic (exact) mass is 324 g/mol. The minimum Gasteiger partial charge on any atom is -0.296 e. The van der Waals surface area contributed by atoms with Gasteiger partial charge in [0, 0.05) is 0 Å². The fourth-order valence-electron chi connectivity index (χ4n) is 3.19. The van der Waals surface area contributed by atoms with Gasteiger partial charge < -0.3 is 0 Å². The van der Waals surface area contributed by atoms with Crippen LogP contribution < -0.4 is 0 Å². The first-order chi connectivity index (χ1) is 11.4. The van der Waals surface area contributed by atoms with Crippen molar-refractivity contribution < 1.29 is 14.6 Å². The summed E-state index contributed by atoms with van der Waals surface area (Å²) in [4.78, 5) is 24.0. The molecule has 126 valence electrons. The molecule has 0 aliphatic heterocycles. The highest BCUT2D eigenvalue weighted by Gasteiger charge is 2.55. The molecule has 0 atom stereocenters. The lowest BCUT2D eigenvalue weighted by Gasteiger charge is -2.33. The number of carbonyl (C=O) groups is 1. The summed E-state index contributed by atoms with van der Waals surface area (Å²) < 4.78 is 0. The Morgan fingerprint density at radius 2 is 1.33 bits per heavy atom. The smallest absolute Gasteiger partial charge is 0.296 e. The molecule has 0 bridgehead atoms. The van der Waals surface area contributed by atoms with E-state index in [0.29, 0.717) is 0 Å². The topological polar surface area (TPSA) is 35.5 Å². The van der Waals surface area contributed by atoms with E-state index in [1.54, 1.807) is 0 Å². The van der Waals surface area contributed by atoms with E-state index in [1.165, 1.54) is 0 Å². The van der Waals surface area contributed by atoms with Gasteiger partial charge in [-0.1, -0.05) is 60.7 Å². The van der Waals surface area contributed by atoms with Crippen LogP contribution in [0.3, 0.4) is 0 Å². The van der Waals surface area contributed by atoms with Crippen LogP contribution in [0.1, 0.15) is 44.7 Å². The Balaban J connectivity index is 2.08. The quantitative estimate of drug-likeness (QED) is 0.593. The molecule has 3 heteroatoms. The highest BCUT2D eigenvalue weighted by atomic mass is 17.2. The number of hydrogen-bond donors (Lipinski definition) is 0. The van der Waals surface area contributed by atoms with Gasteiger partial charge in [0.2, 0.25) is 0 Å². The van der Waals surface area contributed by atoms with Gasteiger partial charge in [-0.2, -0.15) is 4.89 Å². The van der Waals surface area contributed by atoms with Crippen molar-refractivity contribution in [1.82, 2.24) is 0 Å². The van der Waals surface area contributed by atoms with E-state index >= 15 is 0 Å². The van der Waals surface area contributed by atoms with Crippen LogP contribution in [0, 0.1) is 5.92 Å². The Morgan fingerprint density at radius 3 is 1.71 bits per heavy atom. The average molecular weight is 324 g/mol. The Kier molecular flexibility index (Phi) is 4.46. The Morgan fingerprint density at radius 1 is 0.875 bits per heavy atom. The summed E-state index contributed by atoms with van der Waals surface area (Å²) in [6.45, 7) is 5.60. The standard InChI is InChI=1S/C21H24O3/c1-20(2,3)24-23-19(22)21(18-14-15-18,16-10-6-4-7-11-16)17-12-8-5-9-13-17/h4-13,18H,14-15H2,1-3H3. The molecule has 1 fully saturated rings. The van der Waals surface area contributed by atoms with Crippen LogP contribution in [0.2, 0.25) is 0 Å². The average Bonchev–Trinajstić information content (AvgIpc) is 3.40. The van der Waals surface area contributed by atoms with Gasteiger partial charge in [-0.05, 0) is 50.7 Å². The van der Waals surface area contributed by atoms with Crippen molar-refractivity contribution in [2.45, 2.75) is 44.6 Å². The van der Waals surface area contributed by atoms with Crippen LogP contribution in [0.4, 0.5) is 0 Å². The molecule has 2 aromatic carbocycles. The second kappa shape index (κ2) is 6.40. The van der Waals surface area contributed by atoms with Crippen LogP contribution in [0.25, 0.3) is 0 Å². The fraction of sp³-hybridized carbons (Fsp3) is 0.381. The number of hydrogen-bond acceptors (Lipinski definition) is 3. The van der Waals surface area contributed by atoms with Crippen LogP contribution in [-0.4, -0.2) is 11.6 Å². The Labute approximate surface area is 143 Å². The van der Waals surface area contributed by atoms with Crippen LogP contribution >= 0.6 is 0 Å². The molecule has 0 heterocycles. The van der Waals surface area contributed by atoms with E-state index in [1.807, 2.05) is 81.4 Å². The SMILES string of the molecule is CC(C)(C)OOC(=O)C(c1ccccc1)(c1ccccc1)C1CC1. The molecule has 24 heavy (non-hydrogen) atoms. The second-order valence-electron chi connectivity index (χ2n) is 7.38. The van der Waals surface area contributed by atoms with Crippen molar-refractivity contribution in [2.75, 3.05) is 0 Å². The molecule has 1 aliphatic rings. The van der Waals surface area contributed by atoms with Crippen LogP contribution in [0.5, 0.6) is 0 Å². The van der Waals surface area contributed by atoms with Crippen molar-refractivity contribution in [1.29, 1.82) is 0 Å². The summed E-state index contributed by atoms with van der Waals surface area (Å²) in [5.74, 6) is -0.101. The van der Waals surface area contributed by atoms with E-state index in [-0.39, 0.29) is 11.9 Å². The van der Waals surface area contributed by atoms with Gasteiger partial charge in [-0.3, -0.25) is 4.89 Å². The van der Waals surface area contributed by atoms with Crippen molar-refractivity contribution in [2.24, 2.45) is 5.92 Å². The van der Waals surface area contributed by atoms with E-state index in [9.17, 15) is 4.79 Å². The molecule has 3 rings (SSSR count). The minimum atomic E-state index is -0.812. The normalized spacial score (nSPS) is 15.1. The van der Waals surface area contributed by atoms with E-state index < -0.39 is 11.0 Å². The molecule has 0 spiro atoms.